The number of hydrogen-bond donors (Lipinski definition) is 1. The topological polar surface area (TPSA) is 46.0 Å². The van der Waals surface area contributed by atoms with Crippen LogP contribution >= 0.6 is 0 Å². The highest BCUT2D eigenvalue weighted by Crippen LogP contribution is 2.24. The zero-order chi connectivity index (χ0) is 10.7. The summed E-state index contributed by atoms with van der Waals surface area (Å²) in [6, 6.07) is 9.78. The highest BCUT2D eigenvalue weighted by molar-refractivity contribution is 5.62. The average Bonchev–Trinajstić information content (AvgIpc) is 2.30. The molecule has 0 saturated carbocycles. The first-order valence-electron chi connectivity index (χ1n) is 4.82. The Morgan fingerprint density at radius 3 is 2.60 bits per heavy atom. The van der Waals surface area contributed by atoms with Crippen LogP contribution in [-0.4, -0.2) is 15.1 Å². The maximum atomic E-state index is 9.59. The first-order valence-corrected chi connectivity index (χ1v) is 4.82. The first kappa shape index (κ1) is 9.80. The number of nitrogens with zero attached hydrogens (tertiary/aromatic N) is 2. The molecule has 1 atom stereocenters. The third-order valence-electron chi connectivity index (χ3n) is 2.24. The lowest BCUT2D eigenvalue weighted by atomic mass is 10.0. The second kappa shape index (κ2) is 4.19. The number of aliphatic hydroxyl groups is 1. The van der Waals surface area contributed by atoms with E-state index in [9.17, 15) is 5.11 Å². The summed E-state index contributed by atoms with van der Waals surface area (Å²) >= 11 is 0. The summed E-state index contributed by atoms with van der Waals surface area (Å²) in [5.74, 6) is 0. The molecule has 0 amide bonds. The van der Waals surface area contributed by atoms with E-state index in [-0.39, 0.29) is 0 Å². The molecule has 0 radical (unpaired) electrons. The van der Waals surface area contributed by atoms with Crippen molar-refractivity contribution in [3.8, 4) is 11.3 Å². The van der Waals surface area contributed by atoms with Crippen molar-refractivity contribution in [1.82, 2.24) is 9.97 Å². The van der Waals surface area contributed by atoms with E-state index in [0.29, 0.717) is 0 Å². The van der Waals surface area contributed by atoms with Gasteiger partial charge >= 0.3 is 0 Å². The van der Waals surface area contributed by atoms with Crippen LogP contribution in [0.15, 0.2) is 42.9 Å². The molecule has 1 unspecified atom stereocenters. The first-order chi connectivity index (χ1) is 7.29. The van der Waals surface area contributed by atoms with E-state index in [1.165, 1.54) is 6.33 Å². The summed E-state index contributed by atoms with van der Waals surface area (Å²) in [6.07, 6.45) is 2.59. The molecular weight excluding hydrogens is 188 g/mol. The van der Waals surface area contributed by atoms with Crippen molar-refractivity contribution in [3.63, 3.8) is 0 Å². The van der Waals surface area contributed by atoms with Gasteiger partial charge in [-0.1, -0.05) is 30.3 Å². The minimum atomic E-state index is -0.554. The molecule has 2 aromatic rings. The monoisotopic (exact) mass is 200 g/mol. The fraction of sp³-hybridized carbons (Fsp3) is 0.167. The number of aliphatic hydroxyl groups excluding tert-OH is 1. The fourth-order valence-corrected chi connectivity index (χ4v) is 1.48. The molecule has 2 rings (SSSR count). The predicted molar refractivity (Wildman–Crippen MR) is 58.1 cm³/mol. The standard InChI is InChI=1S/C12H12N2O/c1-9(15)11-7-13-8-14-12(11)10-5-3-2-4-6-10/h2-9,15H,1H3. The van der Waals surface area contributed by atoms with Crippen molar-refractivity contribution in [3.05, 3.63) is 48.4 Å². The van der Waals surface area contributed by atoms with Crippen LogP contribution in [-0.2, 0) is 0 Å². The van der Waals surface area contributed by atoms with Crippen LogP contribution in [0.25, 0.3) is 11.3 Å². The Labute approximate surface area is 88.5 Å². The van der Waals surface area contributed by atoms with Crippen LogP contribution in [0.5, 0.6) is 0 Å². The van der Waals surface area contributed by atoms with Gasteiger partial charge in [0.15, 0.2) is 0 Å². The molecule has 0 bridgehead atoms. The summed E-state index contributed by atoms with van der Waals surface area (Å²) in [5, 5.41) is 9.59. The van der Waals surface area contributed by atoms with Crippen molar-refractivity contribution < 1.29 is 5.11 Å². The Kier molecular flexibility index (Phi) is 2.74. The zero-order valence-corrected chi connectivity index (χ0v) is 8.46. The number of benzene rings is 1. The van der Waals surface area contributed by atoms with E-state index in [2.05, 4.69) is 9.97 Å². The Morgan fingerprint density at radius 2 is 1.93 bits per heavy atom. The molecule has 0 fully saturated rings. The van der Waals surface area contributed by atoms with Gasteiger partial charge in [0.2, 0.25) is 0 Å². The summed E-state index contributed by atoms with van der Waals surface area (Å²) in [5.41, 5.74) is 2.54. The summed E-state index contributed by atoms with van der Waals surface area (Å²) < 4.78 is 0. The van der Waals surface area contributed by atoms with Gasteiger partial charge in [0, 0.05) is 17.3 Å². The molecule has 3 heteroatoms. The van der Waals surface area contributed by atoms with E-state index in [1.807, 2.05) is 30.3 Å². The molecule has 1 aromatic heterocycles. The Bertz CT molecular complexity index is 440. The van der Waals surface area contributed by atoms with Crippen molar-refractivity contribution in [2.45, 2.75) is 13.0 Å². The molecule has 15 heavy (non-hydrogen) atoms. The Balaban J connectivity index is 2.53. The maximum absolute atomic E-state index is 9.59. The lowest BCUT2D eigenvalue weighted by molar-refractivity contribution is 0.199. The Hall–Kier alpha value is -1.74. The molecule has 1 heterocycles. The lowest BCUT2D eigenvalue weighted by Gasteiger charge is -2.09. The number of hydrogen-bond acceptors (Lipinski definition) is 3. The number of aromatic nitrogens is 2. The molecule has 0 aliphatic carbocycles. The molecular formula is C12H12N2O. The minimum absolute atomic E-state index is 0.554. The second-order valence-electron chi connectivity index (χ2n) is 3.37. The van der Waals surface area contributed by atoms with Crippen LogP contribution in [0.4, 0.5) is 0 Å². The van der Waals surface area contributed by atoms with Gasteiger partial charge in [0.25, 0.3) is 0 Å². The zero-order valence-electron chi connectivity index (χ0n) is 8.46. The minimum Gasteiger partial charge on any atom is -0.389 e. The van der Waals surface area contributed by atoms with Crippen molar-refractivity contribution >= 4 is 0 Å². The van der Waals surface area contributed by atoms with Gasteiger partial charge in [-0.25, -0.2) is 9.97 Å². The molecule has 76 valence electrons. The number of rotatable bonds is 2. The van der Waals surface area contributed by atoms with Crippen molar-refractivity contribution in [2.75, 3.05) is 0 Å². The SMILES string of the molecule is CC(O)c1cncnc1-c1ccccc1. The lowest BCUT2D eigenvalue weighted by Crippen LogP contribution is -1.98. The van der Waals surface area contributed by atoms with Crippen molar-refractivity contribution in [1.29, 1.82) is 0 Å². The normalized spacial score (nSPS) is 12.4. The maximum Gasteiger partial charge on any atom is 0.116 e. The molecule has 0 aliphatic heterocycles. The van der Waals surface area contributed by atoms with Gasteiger partial charge in [-0.05, 0) is 6.92 Å². The van der Waals surface area contributed by atoms with Gasteiger partial charge in [-0.3, -0.25) is 0 Å². The smallest absolute Gasteiger partial charge is 0.116 e. The largest absolute Gasteiger partial charge is 0.389 e. The molecule has 1 N–H and O–H groups in total. The van der Waals surface area contributed by atoms with Crippen LogP contribution < -0.4 is 0 Å². The summed E-state index contributed by atoms with van der Waals surface area (Å²) in [6.45, 7) is 1.71. The quantitative estimate of drug-likeness (QED) is 0.808. The van der Waals surface area contributed by atoms with E-state index in [4.69, 9.17) is 0 Å². The van der Waals surface area contributed by atoms with Gasteiger partial charge in [0.1, 0.15) is 6.33 Å². The third kappa shape index (κ3) is 2.02. The van der Waals surface area contributed by atoms with Crippen LogP contribution in [0.1, 0.15) is 18.6 Å². The van der Waals surface area contributed by atoms with E-state index < -0.39 is 6.10 Å². The molecule has 1 aromatic carbocycles. The van der Waals surface area contributed by atoms with E-state index in [0.717, 1.165) is 16.8 Å². The fourth-order valence-electron chi connectivity index (χ4n) is 1.48. The van der Waals surface area contributed by atoms with Gasteiger partial charge in [-0.15, -0.1) is 0 Å². The van der Waals surface area contributed by atoms with E-state index >= 15 is 0 Å². The van der Waals surface area contributed by atoms with Crippen LogP contribution in [0.2, 0.25) is 0 Å². The van der Waals surface area contributed by atoms with Crippen LogP contribution in [0, 0.1) is 0 Å². The highest BCUT2D eigenvalue weighted by atomic mass is 16.3. The van der Waals surface area contributed by atoms with Gasteiger partial charge in [-0.2, -0.15) is 0 Å². The van der Waals surface area contributed by atoms with Crippen LogP contribution in [0.3, 0.4) is 0 Å². The van der Waals surface area contributed by atoms with Crippen molar-refractivity contribution in [2.24, 2.45) is 0 Å². The molecule has 0 spiro atoms. The predicted octanol–water partition coefficient (Wildman–Crippen LogP) is 2.20. The van der Waals surface area contributed by atoms with Gasteiger partial charge in [0.05, 0.1) is 11.8 Å². The highest BCUT2D eigenvalue weighted by Gasteiger charge is 2.10. The molecule has 3 nitrogen and oxygen atoms in total. The Morgan fingerprint density at radius 1 is 1.20 bits per heavy atom. The summed E-state index contributed by atoms with van der Waals surface area (Å²) in [4.78, 5) is 8.12. The average molecular weight is 200 g/mol. The van der Waals surface area contributed by atoms with E-state index in [1.54, 1.807) is 13.1 Å². The molecule has 0 saturated heterocycles. The second-order valence-corrected chi connectivity index (χ2v) is 3.37. The van der Waals surface area contributed by atoms with Gasteiger partial charge < -0.3 is 5.11 Å². The summed E-state index contributed by atoms with van der Waals surface area (Å²) in [7, 11) is 0. The molecule has 0 aliphatic rings. The third-order valence-corrected chi connectivity index (χ3v) is 2.24.